The van der Waals surface area contributed by atoms with Crippen LogP contribution < -0.4 is 0 Å². The van der Waals surface area contributed by atoms with Gasteiger partial charge in [0.25, 0.3) is 0 Å². The molecule has 0 aliphatic carbocycles. The van der Waals surface area contributed by atoms with E-state index in [0.29, 0.717) is 6.07 Å². The van der Waals surface area contributed by atoms with Crippen molar-refractivity contribution in [3.63, 3.8) is 0 Å². The molecule has 1 aromatic carbocycles. The summed E-state index contributed by atoms with van der Waals surface area (Å²) in [4.78, 5) is 9.90. The number of rotatable bonds is 1. The van der Waals surface area contributed by atoms with Crippen LogP contribution in [0, 0.1) is 4.91 Å². The first-order chi connectivity index (χ1) is 5.95. The van der Waals surface area contributed by atoms with Crippen molar-refractivity contribution in [2.75, 3.05) is 0 Å². The van der Waals surface area contributed by atoms with Gasteiger partial charge in [-0.3, -0.25) is 0 Å². The van der Waals surface area contributed by atoms with Gasteiger partial charge in [0, 0.05) is 0 Å². The van der Waals surface area contributed by atoms with E-state index in [9.17, 15) is 18.1 Å². The fourth-order valence-electron chi connectivity index (χ4n) is 0.808. The predicted octanol–water partition coefficient (Wildman–Crippen LogP) is 2.81. The van der Waals surface area contributed by atoms with E-state index in [0.717, 1.165) is 12.1 Å². The third-order valence-electron chi connectivity index (χ3n) is 1.39. The topological polar surface area (TPSA) is 49.7 Å². The second-order valence-corrected chi connectivity index (χ2v) is 2.29. The van der Waals surface area contributed by atoms with Gasteiger partial charge in [-0.15, -0.1) is 4.91 Å². The van der Waals surface area contributed by atoms with Gasteiger partial charge in [0.05, 0.1) is 5.56 Å². The molecule has 0 aliphatic rings. The van der Waals surface area contributed by atoms with Crippen LogP contribution in [0.15, 0.2) is 23.4 Å². The molecule has 70 valence electrons. The summed E-state index contributed by atoms with van der Waals surface area (Å²) in [5, 5.41) is 11.1. The Bertz CT molecular complexity index is 335. The fraction of sp³-hybridized carbons (Fsp3) is 0.143. The average Bonchev–Trinajstić information content (AvgIpc) is 2.03. The van der Waals surface area contributed by atoms with Crippen LogP contribution in [-0.4, -0.2) is 5.11 Å². The van der Waals surface area contributed by atoms with E-state index in [-0.39, 0.29) is 5.69 Å². The molecule has 0 saturated heterocycles. The second-order valence-electron chi connectivity index (χ2n) is 2.29. The maximum Gasteiger partial charge on any atom is 0.420 e. The largest absolute Gasteiger partial charge is 0.507 e. The van der Waals surface area contributed by atoms with Gasteiger partial charge in [-0.1, -0.05) is 0 Å². The number of phenolic OH excluding ortho intramolecular Hbond substituents is 1. The van der Waals surface area contributed by atoms with Crippen molar-refractivity contribution in [2.24, 2.45) is 5.18 Å². The number of hydrogen-bond acceptors (Lipinski definition) is 3. The van der Waals surface area contributed by atoms with E-state index in [1.807, 2.05) is 0 Å². The molecular weight excluding hydrogens is 187 g/mol. The van der Waals surface area contributed by atoms with Gasteiger partial charge in [0.2, 0.25) is 0 Å². The molecule has 6 heteroatoms. The lowest BCUT2D eigenvalue weighted by Crippen LogP contribution is -2.04. The maximum absolute atomic E-state index is 12.1. The van der Waals surface area contributed by atoms with E-state index in [1.54, 1.807) is 0 Å². The summed E-state index contributed by atoms with van der Waals surface area (Å²) in [6.45, 7) is 0. The lowest BCUT2D eigenvalue weighted by atomic mass is 10.2. The highest BCUT2D eigenvalue weighted by Crippen LogP contribution is 2.37. The lowest BCUT2D eigenvalue weighted by molar-refractivity contribution is -0.138. The van der Waals surface area contributed by atoms with Crippen molar-refractivity contribution in [3.05, 3.63) is 28.7 Å². The number of benzene rings is 1. The van der Waals surface area contributed by atoms with Gasteiger partial charge in [-0.05, 0) is 23.4 Å². The number of halogens is 3. The molecule has 0 heterocycles. The van der Waals surface area contributed by atoms with Gasteiger partial charge < -0.3 is 5.11 Å². The molecule has 0 unspecified atom stereocenters. The predicted molar refractivity (Wildman–Crippen MR) is 38.6 cm³/mol. The van der Waals surface area contributed by atoms with Crippen molar-refractivity contribution in [1.82, 2.24) is 0 Å². The minimum absolute atomic E-state index is 0.370. The van der Waals surface area contributed by atoms with Crippen molar-refractivity contribution >= 4 is 5.69 Å². The van der Waals surface area contributed by atoms with Crippen LogP contribution in [0.3, 0.4) is 0 Å². The molecule has 0 saturated carbocycles. The number of alkyl halides is 3. The number of hydrogen-bond donors (Lipinski definition) is 1. The van der Waals surface area contributed by atoms with Gasteiger partial charge in [0.1, 0.15) is 11.4 Å². The Morgan fingerprint density at radius 2 is 1.92 bits per heavy atom. The van der Waals surface area contributed by atoms with Gasteiger partial charge in [-0.25, -0.2) is 0 Å². The zero-order valence-electron chi connectivity index (χ0n) is 6.17. The van der Waals surface area contributed by atoms with Crippen LogP contribution >= 0.6 is 0 Å². The van der Waals surface area contributed by atoms with Crippen LogP contribution in [0.1, 0.15) is 5.56 Å². The van der Waals surface area contributed by atoms with E-state index in [4.69, 9.17) is 5.11 Å². The normalized spacial score (nSPS) is 11.3. The quantitative estimate of drug-likeness (QED) is 0.693. The average molecular weight is 191 g/mol. The third-order valence-corrected chi connectivity index (χ3v) is 1.39. The molecular formula is C7H4F3NO2. The molecule has 0 atom stereocenters. The summed E-state index contributed by atoms with van der Waals surface area (Å²) >= 11 is 0. The fourth-order valence-corrected chi connectivity index (χ4v) is 0.808. The molecule has 0 aromatic heterocycles. The second kappa shape index (κ2) is 3.04. The minimum atomic E-state index is -4.68. The summed E-state index contributed by atoms with van der Waals surface area (Å²) < 4.78 is 36.2. The summed E-state index contributed by atoms with van der Waals surface area (Å²) in [6, 6.07) is 2.26. The third kappa shape index (κ3) is 1.95. The molecule has 0 fully saturated rings. The standard InChI is InChI=1S/C7H4F3NO2/c8-7(9,10)5-3-4(11-13)1-2-6(5)12/h1-3,12H. The van der Waals surface area contributed by atoms with Crippen LogP contribution in [-0.2, 0) is 6.18 Å². The van der Waals surface area contributed by atoms with E-state index >= 15 is 0 Å². The maximum atomic E-state index is 12.1. The number of nitrogens with zero attached hydrogens (tertiary/aromatic N) is 1. The van der Waals surface area contributed by atoms with Crippen LogP contribution in [0.4, 0.5) is 18.9 Å². The highest BCUT2D eigenvalue weighted by Gasteiger charge is 2.34. The molecule has 0 radical (unpaired) electrons. The van der Waals surface area contributed by atoms with Crippen molar-refractivity contribution in [3.8, 4) is 5.75 Å². The molecule has 0 spiro atoms. The zero-order valence-corrected chi connectivity index (χ0v) is 6.17. The smallest absolute Gasteiger partial charge is 0.420 e. The first kappa shape index (κ1) is 9.50. The van der Waals surface area contributed by atoms with Crippen molar-refractivity contribution in [1.29, 1.82) is 0 Å². The number of nitroso groups, excluding NO2 is 1. The van der Waals surface area contributed by atoms with Crippen molar-refractivity contribution < 1.29 is 18.3 Å². The Balaban J connectivity index is 3.27. The highest BCUT2D eigenvalue weighted by molar-refractivity contribution is 5.47. The van der Waals surface area contributed by atoms with Gasteiger partial charge in [0.15, 0.2) is 0 Å². The summed E-state index contributed by atoms with van der Waals surface area (Å²) in [5.74, 6) is -0.917. The number of aromatic hydroxyl groups is 1. The monoisotopic (exact) mass is 191 g/mol. The first-order valence-electron chi connectivity index (χ1n) is 3.18. The van der Waals surface area contributed by atoms with E-state index in [1.165, 1.54) is 0 Å². The Hall–Kier alpha value is -1.59. The van der Waals surface area contributed by atoms with E-state index < -0.39 is 17.5 Å². The summed E-state index contributed by atoms with van der Waals surface area (Å²) in [5.41, 5.74) is -1.63. The molecule has 0 aliphatic heterocycles. The molecule has 0 bridgehead atoms. The van der Waals surface area contributed by atoms with E-state index in [2.05, 4.69) is 5.18 Å². The Labute approximate surface area is 70.8 Å². The van der Waals surface area contributed by atoms with Gasteiger partial charge >= 0.3 is 6.18 Å². The molecule has 0 amide bonds. The number of phenols is 1. The lowest BCUT2D eigenvalue weighted by Gasteiger charge is -2.07. The minimum Gasteiger partial charge on any atom is -0.507 e. The Kier molecular flexibility index (Phi) is 2.22. The summed E-state index contributed by atoms with van der Waals surface area (Å²) in [7, 11) is 0. The first-order valence-corrected chi connectivity index (χ1v) is 3.18. The van der Waals surface area contributed by atoms with Crippen LogP contribution in [0.5, 0.6) is 5.75 Å². The Morgan fingerprint density at radius 3 is 2.38 bits per heavy atom. The summed E-state index contributed by atoms with van der Waals surface area (Å²) in [6.07, 6.45) is -4.68. The SMILES string of the molecule is O=Nc1ccc(O)c(C(F)(F)F)c1. The zero-order chi connectivity index (χ0) is 10.1. The molecule has 1 aromatic rings. The highest BCUT2D eigenvalue weighted by atomic mass is 19.4. The van der Waals surface area contributed by atoms with Crippen LogP contribution in [0.2, 0.25) is 0 Å². The molecule has 3 nitrogen and oxygen atoms in total. The van der Waals surface area contributed by atoms with Crippen LogP contribution in [0.25, 0.3) is 0 Å². The molecule has 13 heavy (non-hydrogen) atoms. The van der Waals surface area contributed by atoms with Gasteiger partial charge in [-0.2, -0.15) is 13.2 Å². The molecule has 1 rings (SSSR count). The van der Waals surface area contributed by atoms with Crippen molar-refractivity contribution in [2.45, 2.75) is 6.18 Å². The molecule has 1 N–H and O–H groups in total. The Morgan fingerprint density at radius 1 is 1.31 bits per heavy atom.